The maximum atomic E-state index is 13.8. The van der Waals surface area contributed by atoms with Crippen molar-refractivity contribution < 1.29 is 18.8 Å². The molecule has 0 aliphatic heterocycles. The predicted molar refractivity (Wildman–Crippen MR) is 78.2 cm³/mol. The van der Waals surface area contributed by atoms with Crippen molar-refractivity contribution in [2.24, 2.45) is 0 Å². The Morgan fingerprint density at radius 3 is 2.73 bits per heavy atom. The second-order valence-corrected chi connectivity index (χ2v) is 4.51. The number of ether oxygens (including phenoxy) is 1. The molecule has 1 N–H and O–H groups in total. The standard InChI is InChI=1S/C15H13FN2O4/c1-22-9-10-3-2-4-11(7-10)17-15(19)13-6-5-12(18(20)21)8-14(13)16/h2-8H,9H2,1H3,(H,17,19). The first-order chi connectivity index (χ1) is 10.5. The SMILES string of the molecule is COCc1cccc(NC(=O)c2ccc([N+](=O)[O-])cc2F)c1. The van der Waals surface area contributed by atoms with Gasteiger partial charge in [-0.3, -0.25) is 14.9 Å². The Morgan fingerprint density at radius 1 is 1.32 bits per heavy atom. The molecule has 2 aromatic rings. The van der Waals surface area contributed by atoms with Gasteiger partial charge in [-0.15, -0.1) is 0 Å². The van der Waals surface area contributed by atoms with Gasteiger partial charge in [0.2, 0.25) is 0 Å². The summed E-state index contributed by atoms with van der Waals surface area (Å²) in [5.41, 5.74) is 0.667. The number of nitro benzene ring substituents is 1. The molecule has 0 saturated heterocycles. The number of rotatable bonds is 5. The maximum absolute atomic E-state index is 13.8. The summed E-state index contributed by atoms with van der Waals surface area (Å²) in [6.45, 7) is 0.385. The number of hydrogen-bond donors (Lipinski definition) is 1. The molecule has 6 nitrogen and oxygen atoms in total. The van der Waals surface area contributed by atoms with E-state index in [0.29, 0.717) is 12.3 Å². The van der Waals surface area contributed by atoms with E-state index < -0.39 is 22.3 Å². The number of carbonyl (C=O) groups excluding carboxylic acids is 1. The molecule has 114 valence electrons. The molecule has 0 atom stereocenters. The van der Waals surface area contributed by atoms with Crippen LogP contribution in [0.15, 0.2) is 42.5 Å². The minimum Gasteiger partial charge on any atom is -0.380 e. The lowest BCUT2D eigenvalue weighted by atomic mass is 10.1. The summed E-state index contributed by atoms with van der Waals surface area (Å²) >= 11 is 0. The van der Waals surface area contributed by atoms with Gasteiger partial charge in [-0.25, -0.2) is 4.39 Å². The molecule has 0 aliphatic carbocycles. The highest BCUT2D eigenvalue weighted by Crippen LogP contribution is 2.18. The van der Waals surface area contributed by atoms with Gasteiger partial charge >= 0.3 is 0 Å². The van der Waals surface area contributed by atoms with Crippen molar-refractivity contribution in [2.45, 2.75) is 6.61 Å². The molecular weight excluding hydrogens is 291 g/mol. The van der Waals surface area contributed by atoms with Crippen LogP contribution in [0.4, 0.5) is 15.8 Å². The molecule has 0 heterocycles. The largest absolute Gasteiger partial charge is 0.380 e. The zero-order valence-electron chi connectivity index (χ0n) is 11.7. The number of halogens is 1. The van der Waals surface area contributed by atoms with Crippen molar-refractivity contribution in [1.82, 2.24) is 0 Å². The molecular formula is C15H13FN2O4. The molecule has 0 spiro atoms. The summed E-state index contributed by atoms with van der Waals surface area (Å²) in [6, 6.07) is 9.80. The number of nitro groups is 1. The Balaban J connectivity index is 2.18. The summed E-state index contributed by atoms with van der Waals surface area (Å²) in [5.74, 6) is -1.62. The van der Waals surface area contributed by atoms with E-state index in [4.69, 9.17) is 4.74 Å². The van der Waals surface area contributed by atoms with Crippen LogP contribution in [-0.2, 0) is 11.3 Å². The van der Waals surface area contributed by atoms with E-state index >= 15 is 0 Å². The van der Waals surface area contributed by atoms with Gasteiger partial charge in [0.25, 0.3) is 11.6 Å². The van der Waals surface area contributed by atoms with E-state index in [1.54, 1.807) is 25.3 Å². The van der Waals surface area contributed by atoms with Crippen molar-refractivity contribution >= 4 is 17.3 Å². The number of amides is 1. The van der Waals surface area contributed by atoms with Crippen LogP contribution < -0.4 is 5.32 Å². The summed E-state index contributed by atoms with van der Waals surface area (Å²) < 4.78 is 18.8. The molecule has 1 amide bonds. The van der Waals surface area contributed by atoms with Crippen LogP contribution in [-0.4, -0.2) is 17.9 Å². The third kappa shape index (κ3) is 3.64. The van der Waals surface area contributed by atoms with Gasteiger partial charge in [0.15, 0.2) is 0 Å². The number of carbonyl (C=O) groups is 1. The minimum atomic E-state index is -0.945. The summed E-state index contributed by atoms with van der Waals surface area (Å²) in [5, 5.41) is 13.1. The fourth-order valence-electron chi connectivity index (χ4n) is 1.91. The fraction of sp³-hybridized carbons (Fsp3) is 0.133. The van der Waals surface area contributed by atoms with Crippen molar-refractivity contribution in [2.75, 3.05) is 12.4 Å². The number of non-ortho nitro benzene ring substituents is 1. The van der Waals surface area contributed by atoms with E-state index in [1.807, 2.05) is 6.07 Å². The minimum absolute atomic E-state index is 0.261. The van der Waals surface area contributed by atoms with Crippen molar-refractivity contribution in [3.05, 3.63) is 69.5 Å². The van der Waals surface area contributed by atoms with E-state index in [1.165, 1.54) is 0 Å². The molecule has 0 bridgehead atoms. The molecule has 0 aromatic heterocycles. The molecule has 0 radical (unpaired) electrons. The summed E-state index contributed by atoms with van der Waals surface area (Å²) in [4.78, 5) is 21.9. The number of nitrogens with one attached hydrogen (secondary N) is 1. The van der Waals surface area contributed by atoms with Crippen molar-refractivity contribution in [1.29, 1.82) is 0 Å². The van der Waals surface area contributed by atoms with Crippen LogP contribution >= 0.6 is 0 Å². The number of hydrogen-bond acceptors (Lipinski definition) is 4. The second kappa shape index (κ2) is 6.77. The summed E-state index contributed by atoms with van der Waals surface area (Å²) in [7, 11) is 1.55. The highest BCUT2D eigenvalue weighted by atomic mass is 19.1. The van der Waals surface area contributed by atoms with E-state index in [-0.39, 0.29) is 5.56 Å². The van der Waals surface area contributed by atoms with Crippen molar-refractivity contribution in [3.8, 4) is 0 Å². The van der Waals surface area contributed by atoms with Gasteiger partial charge in [0.1, 0.15) is 5.82 Å². The Morgan fingerprint density at radius 2 is 2.09 bits per heavy atom. The number of benzene rings is 2. The fourth-order valence-corrected chi connectivity index (χ4v) is 1.91. The van der Waals surface area contributed by atoms with E-state index in [9.17, 15) is 19.3 Å². The average molecular weight is 304 g/mol. The molecule has 7 heteroatoms. The third-order valence-electron chi connectivity index (χ3n) is 2.90. The van der Waals surface area contributed by atoms with Crippen molar-refractivity contribution in [3.63, 3.8) is 0 Å². The first-order valence-electron chi connectivity index (χ1n) is 6.34. The predicted octanol–water partition coefficient (Wildman–Crippen LogP) is 3.13. The van der Waals surface area contributed by atoms with Gasteiger partial charge in [-0.2, -0.15) is 0 Å². The highest BCUT2D eigenvalue weighted by molar-refractivity contribution is 6.04. The molecule has 0 aliphatic rings. The van der Waals surface area contributed by atoms with Gasteiger partial charge in [-0.05, 0) is 23.8 Å². The van der Waals surface area contributed by atoms with E-state index in [2.05, 4.69) is 5.32 Å². The molecule has 22 heavy (non-hydrogen) atoms. The van der Waals surface area contributed by atoms with Gasteiger partial charge in [0.05, 0.1) is 23.2 Å². The van der Waals surface area contributed by atoms with Crippen LogP contribution in [0.25, 0.3) is 0 Å². The average Bonchev–Trinajstić information content (AvgIpc) is 2.47. The Hall–Kier alpha value is -2.80. The zero-order chi connectivity index (χ0) is 16.1. The smallest absolute Gasteiger partial charge is 0.272 e. The quantitative estimate of drug-likeness (QED) is 0.679. The van der Waals surface area contributed by atoms with Gasteiger partial charge in [-0.1, -0.05) is 12.1 Å². The lowest BCUT2D eigenvalue weighted by Crippen LogP contribution is -2.14. The maximum Gasteiger partial charge on any atom is 0.272 e. The second-order valence-electron chi connectivity index (χ2n) is 4.51. The van der Waals surface area contributed by atoms with Crippen LogP contribution in [0.1, 0.15) is 15.9 Å². The summed E-state index contributed by atoms with van der Waals surface area (Å²) in [6.07, 6.45) is 0. The molecule has 2 aromatic carbocycles. The van der Waals surface area contributed by atoms with Gasteiger partial charge in [0, 0.05) is 18.9 Å². The monoisotopic (exact) mass is 304 g/mol. The first kappa shape index (κ1) is 15.6. The third-order valence-corrected chi connectivity index (χ3v) is 2.90. The highest BCUT2D eigenvalue weighted by Gasteiger charge is 2.16. The topological polar surface area (TPSA) is 81.5 Å². The molecule has 0 fully saturated rings. The lowest BCUT2D eigenvalue weighted by molar-refractivity contribution is -0.385. The number of nitrogens with zero attached hydrogens (tertiary/aromatic N) is 1. The Kier molecular flexibility index (Phi) is 4.80. The van der Waals surface area contributed by atoms with Crippen LogP contribution in [0.3, 0.4) is 0 Å². The van der Waals surface area contributed by atoms with Crippen LogP contribution in [0.2, 0.25) is 0 Å². The zero-order valence-corrected chi connectivity index (χ0v) is 11.7. The van der Waals surface area contributed by atoms with Gasteiger partial charge < -0.3 is 10.1 Å². The Labute approximate surface area is 125 Å². The molecule has 2 rings (SSSR count). The lowest BCUT2D eigenvalue weighted by Gasteiger charge is -2.08. The van der Waals surface area contributed by atoms with Crippen LogP contribution in [0.5, 0.6) is 0 Å². The molecule has 0 unspecified atom stereocenters. The first-order valence-corrected chi connectivity index (χ1v) is 6.34. The van der Waals surface area contributed by atoms with Crippen LogP contribution in [0, 0.1) is 15.9 Å². The number of methoxy groups -OCH3 is 1. The van der Waals surface area contributed by atoms with E-state index in [0.717, 1.165) is 23.8 Å². The number of anilines is 1. The normalized spacial score (nSPS) is 10.3. The molecule has 0 saturated carbocycles. The Bertz CT molecular complexity index is 718.